The maximum atomic E-state index is 13.8. The quantitative estimate of drug-likeness (QED) is 0.431. The average molecular weight is 558 g/mol. The van der Waals surface area contributed by atoms with Crippen LogP contribution in [0.2, 0.25) is 0 Å². The summed E-state index contributed by atoms with van der Waals surface area (Å²) in [6.45, 7) is 11.3. The SMILES string of the molecule is CC(=O)N(C)C(C)(Cc1ccccc1)C(=O)N(C)[C@@H](C)C(=O)N[C@H](C(=O)N[C@@H](C)C(=O)N1CCCCC1)C(C)C. The van der Waals surface area contributed by atoms with Crippen LogP contribution >= 0.6 is 0 Å². The molecule has 0 aromatic heterocycles. The zero-order valence-corrected chi connectivity index (χ0v) is 25.3. The van der Waals surface area contributed by atoms with Gasteiger partial charge in [-0.2, -0.15) is 0 Å². The molecule has 5 amide bonds. The van der Waals surface area contributed by atoms with E-state index < -0.39 is 41.4 Å². The van der Waals surface area contributed by atoms with Gasteiger partial charge in [-0.25, -0.2) is 0 Å². The van der Waals surface area contributed by atoms with E-state index in [2.05, 4.69) is 10.6 Å². The fourth-order valence-corrected chi connectivity index (χ4v) is 4.97. The molecule has 0 aliphatic carbocycles. The molecule has 1 heterocycles. The van der Waals surface area contributed by atoms with Gasteiger partial charge >= 0.3 is 0 Å². The minimum absolute atomic E-state index is 0.132. The van der Waals surface area contributed by atoms with Crippen LogP contribution in [-0.2, 0) is 30.4 Å². The van der Waals surface area contributed by atoms with Crippen molar-refractivity contribution in [2.24, 2.45) is 5.92 Å². The van der Waals surface area contributed by atoms with Gasteiger partial charge in [-0.1, -0.05) is 44.2 Å². The summed E-state index contributed by atoms with van der Waals surface area (Å²) < 4.78 is 0. The van der Waals surface area contributed by atoms with Gasteiger partial charge in [0, 0.05) is 40.5 Å². The molecular formula is C30H47N5O5. The molecule has 1 fully saturated rings. The van der Waals surface area contributed by atoms with Crippen LogP contribution in [0.1, 0.15) is 66.4 Å². The molecule has 1 unspecified atom stereocenters. The van der Waals surface area contributed by atoms with Gasteiger partial charge in [0.1, 0.15) is 23.7 Å². The number of likely N-dealkylation sites (N-methyl/N-ethyl adjacent to an activating group) is 2. The van der Waals surface area contributed by atoms with Crippen LogP contribution in [0, 0.1) is 5.92 Å². The molecule has 1 aliphatic rings. The van der Waals surface area contributed by atoms with Crippen LogP contribution in [0.5, 0.6) is 0 Å². The molecule has 1 aromatic carbocycles. The first-order valence-corrected chi connectivity index (χ1v) is 14.2. The fourth-order valence-electron chi connectivity index (χ4n) is 4.97. The Morgan fingerprint density at radius 2 is 1.48 bits per heavy atom. The summed E-state index contributed by atoms with van der Waals surface area (Å²) >= 11 is 0. The highest BCUT2D eigenvalue weighted by atomic mass is 16.2. The molecule has 0 spiro atoms. The number of likely N-dealkylation sites (tertiary alicyclic amines) is 1. The summed E-state index contributed by atoms with van der Waals surface area (Å²) in [6.07, 6.45) is 3.26. The van der Waals surface area contributed by atoms with Crippen LogP contribution in [0.25, 0.3) is 0 Å². The molecule has 10 nitrogen and oxygen atoms in total. The lowest BCUT2D eigenvalue weighted by molar-refractivity contribution is -0.153. The van der Waals surface area contributed by atoms with Gasteiger partial charge in [0.05, 0.1) is 0 Å². The van der Waals surface area contributed by atoms with Crippen molar-refractivity contribution < 1.29 is 24.0 Å². The first-order chi connectivity index (χ1) is 18.7. The maximum Gasteiger partial charge on any atom is 0.249 e. The third-order valence-electron chi connectivity index (χ3n) is 7.99. The topological polar surface area (TPSA) is 119 Å². The van der Waals surface area contributed by atoms with Crippen molar-refractivity contribution in [3.63, 3.8) is 0 Å². The lowest BCUT2D eigenvalue weighted by Crippen LogP contribution is -2.62. The van der Waals surface area contributed by atoms with E-state index in [0.717, 1.165) is 24.8 Å². The number of piperidine rings is 1. The van der Waals surface area contributed by atoms with E-state index in [1.807, 2.05) is 30.3 Å². The number of nitrogens with zero attached hydrogens (tertiary/aromatic N) is 3. The van der Waals surface area contributed by atoms with E-state index in [4.69, 9.17) is 0 Å². The molecule has 10 heteroatoms. The molecule has 2 N–H and O–H groups in total. The van der Waals surface area contributed by atoms with Gasteiger partial charge in [-0.3, -0.25) is 24.0 Å². The monoisotopic (exact) mass is 557 g/mol. The molecule has 40 heavy (non-hydrogen) atoms. The summed E-state index contributed by atoms with van der Waals surface area (Å²) in [4.78, 5) is 69.9. The average Bonchev–Trinajstić information content (AvgIpc) is 2.94. The number of hydrogen-bond donors (Lipinski definition) is 2. The van der Waals surface area contributed by atoms with Crippen molar-refractivity contribution >= 4 is 29.5 Å². The highest BCUT2D eigenvalue weighted by Gasteiger charge is 2.43. The van der Waals surface area contributed by atoms with Crippen molar-refractivity contribution in [1.29, 1.82) is 0 Å². The van der Waals surface area contributed by atoms with Crippen molar-refractivity contribution in [2.45, 2.75) is 90.9 Å². The third-order valence-corrected chi connectivity index (χ3v) is 7.99. The van der Waals surface area contributed by atoms with E-state index in [1.165, 1.54) is 23.8 Å². The molecule has 0 radical (unpaired) electrons. The lowest BCUT2D eigenvalue weighted by atomic mass is 9.89. The predicted octanol–water partition coefficient (Wildman–Crippen LogP) is 1.97. The van der Waals surface area contributed by atoms with Crippen molar-refractivity contribution in [1.82, 2.24) is 25.3 Å². The Morgan fingerprint density at radius 1 is 0.900 bits per heavy atom. The highest BCUT2D eigenvalue weighted by Crippen LogP contribution is 2.24. The van der Waals surface area contributed by atoms with Crippen molar-refractivity contribution in [3.05, 3.63) is 35.9 Å². The van der Waals surface area contributed by atoms with Gasteiger partial charge in [-0.05, 0) is 51.5 Å². The molecule has 222 valence electrons. The summed E-state index contributed by atoms with van der Waals surface area (Å²) in [5.74, 6) is -2.03. The Labute approximate surface area is 238 Å². The lowest BCUT2D eigenvalue weighted by Gasteiger charge is -2.41. The number of nitrogens with one attached hydrogen (secondary N) is 2. The Kier molecular flexibility index (Phi) is 11.7. The predicted molar refractivity (Wildman–Crippen MR) is 154 cm³/mol. The Morgan fingerprint density at radius 3 is 2.00 bits per heavy atom. The fraction of sp³-hybridized carbons (Fsp3) is 0.633. The number of carbonyl (C=O) groups excluding carboxylic acids is 5. The summed E-state index contributed by atoms with van der Waals surface area (Å²) in [5, 5.41) is 5.54. The zero-order chi connectivity index (χ0) is 30.2. The Balaban J connectivity index is 2.14. The maximum absolute atomic E-state index is 13.8. The molecule has 1 saturated heterocycles. The number of benzene rings is 1. The van der Waals surface area contributed by atoms with Crippen LogP contribution in [0.4, 0.5) is 0 Å². The first-order valence-electron chi connectivity index (χ1n) is 14.2. The first kappa shape index (κ1) is 32.8. The Bertz CT molecular complexity index is 1060. The van der Waals surface area contributed by atoms with Crippen LogP contribution in [-0.4, -0.2) is 95.1 Å². The second-order valence-corrected chi connectivity index (χ2v) is 11.5. The zero-order valence-electron chi connectivity index (χ0n) is 25.3. The summed E-state index contributed by atoms with van der Waals surface area (Å²) in [5.41, 5.74) is -0.364. The second-order valence-electron chi connectivity index (χ2n) is 11.5. The van der Waals surface area contributed by atoms with Gasteiger partial charge in [-0.15, -0.1) is 0 Å². The second kappa shape index (κ2) is 14.3. The largest absolute Gasteiger partial charge is 0.343 e. The van der Waals surface area contributed by atoms with Gasteiger partial charge < -0.3 is 25.3 Å². The minimum Gasteiger partial charge on any atom is -0.343 e. The Hall–Kier alpha value is -3.43. The molecule has 4 atom stereocenters. The van der Waals surface area contributed by atoms with Crippen LogP contribution in [0.15, 0.2) is 30.3 Å². The van der Waals surface area contributed by atoms with Gasteiger partial charge in [0.25, 0.3) is 0 Å². The molecular weight excluding hydrogens is 510 g/mol. The summed E-state index contributed by atoms with van der Waals surface area (Å²) in [7, 11) is 3.10. The van der Waals surface area contributed by atoms with Crippen molar-refractivity contribution in [2.75, 3.05) is 27.2 Å². The van der Waals surface area contributed by atoms with Crippen molar-refractivity contribution in [3.8, 4) is 0 Å². The van der Waals surface area contributed by atoms with E-state index in [-0.39, 0.29) is 24.2 Å². The number of carbonyl (C=O) groups is 5. The molecule has 0 bridgehead atoms. The number of hydrogen-bond acceptors (Lipinski definition) is 5. The molecule has 0 saturated carbocycles. The van der Waals surface area contributed by atoms with Crippen LogP contribution < -0.4 is 10.6 Å². The van der Waals surface area contributed by atoms with E-state index in [0.29, 0.717) is 13.1 Å². The van der Waals surface area contributed by atoms with Crippen LogP contribution in [0.3, 0.4) is 0 Å². The van der Waals surface area contributed by atoms with E-state index in [1.54, 1.807) is 46.6 Å². The van der Waals surface area contributed by atoms with Gasteiger partial charge in [0.2, 0.25) is 29.5 Å². The smallest absolute Gasteiger partial charge is 0.249 e. The molecule has 1 aromatic rings. The standard InChI is InChI=1S/C30H47N5O5/c1-20(2)25(27(38)31-21(3)28(39)35-17-13-10-14-18-35)32-26(37)22(4)33(7)29(40)30(6,34(8)23(5)36)19-24-15-11-9-12-16-24/h9,11-12,15-16,20-22,25H,10,13-14,17-19H2,1-8H3,(H,31,38)(H,32,37)/t21-,22-,25-,30?/m0/s1. The highest BCUT2D eigenvalue weighted by molar-refractivity contribution is 5.96. The minimum atomic E-state index is -1.24. The number of amides is 5. The van der Waals surface area contributed by atoms with E-state index >= 15 is 0 Å². The normalized spacial score (nSPS) is 17.2. The third kappa shape index (κ3) is 8.05. The molecule has 1 aliphatic heterocycles. The number of rotatable bonds is 11. The molecule has 2 rings (SSSR count). The summed E-state index contributed by atoms with van der Waals surface area (Å²) in [6, 6.07) is 6.84. The van der Waals surface area contributed by atoms with Gasteiger partial charge in [0.15, 0.2) is 0 Å². The van der Waals surface area contributed by atoms with E-state index in [9.17, 15) is 24.0 Å².